The summed E-state index contributed by atoms with van der Waals surface area (Å²) in [5, 5.41) is 17.4. The number of hydrogen-bond donors (Lipinski definition) is 3. The first-order valence-electron chi connectivity index (χ1n) is 28.7. The number of carbonyl (C=O) groups is 4. The zero-order valence-electron chi connectivity index (χ0n) is 53.6. The molecule has 10 rings (SSSR count). The molecule has 4 heterocycles. The van der Waals surface area contributed by atoms with Gasteiger partial charge in [-0.1, -0.05) is 118 Å². The zero-order chi connectivity index (χ0) is 64.1. The average molecular weight is 1400 g/mol. The molecule has 0 spiro atoms. The molecule has 3 radical (unpaired) electrons. The van der Waals surface area contributed by atoms with Gasteiger partial charge < -0.3 is 35.3 Å². The Morgan fingerprint density at radius 1 is 0.714 bits per heavy atom. The zero-order valence-corrected chi connectivity index (χ0v) is 57.5. The molecule has 2 atom stereocenters. The van der Waals surface area contributed by atoms with Gasteiger partial charge in [-0.3, -0.25) is 18.9 Å². The molecule has 2 amide bonds. The number of hydrogen-bond acceptors (Lipinski definition) is 13. The van der Waals surface area contributed by atoms with Crippen molar-refractivity contribution >= 4 is 81.7 Å². The van der Waals surface area contributed by atoms with Crippen molar-refractivity contribution < 1.29 is 91.5 Å². The van der Waals surface area contributed by atoms with E-state index in [2.05, 4.69) is 27.6 Å². The number of anilines is 1. The number of aliphatic hydroxyl groups is 2. The monoisotopic (exact) mass is 1400 g/mol. The van der Waals surface area contributed by atoms with E-state index in [1.807, 2.05) is 150 Å². The number of ether oxygens (including phenoxy) is 2. The van der Waals surface area contributed by atoms with Gasteiger partial charge in [0.1, 0.15) is 27.7 Å². The predicted octanol–water partition coefficient (Wildman–Crippen LogP) is 11.7. The first-order chi connectivity index (χ1) is 40.9. The van der Waals surface area contributed by atoms with Crippen LogP contribution in [0.25, 0.3) is 11.1 Å². The van der Waals surface area contributed by atoms with Crippen LogP contribution in [0.1, 0.15) is 190 Å². The summed E-state index contributed by atoms with van der Waals surface area (Å²) in [5.41, 5.74) is 5.88. The molecule has 3 fully saturated rings. The number of amides is 2. The Morgan fingerprint density at radius 3 is 1.62 bits per heavy atom. The summed E-state index contributed by atoms with van der Waals surface area (Å²) < 4.78 is 74.2. The van der Waals surface area contributed by atoms with Crippen molar-refractivity contribution in [1.29, 1.82) is 0 Å². The molecule has 0 bridgehead atoms. The summed E-state index contributed by atoms with van der Waals surface area (Å²) in [6, 6.07) is 35.9. The van der Waals surface area contributed by atoms with E-state index in [9.17, 15) is 41.9 Å². The van der Waals surface area contributed by atoms with Crippen LogP contribution in [0, 0.1) is 15.3 Å². The molecule has 1 aliphatic carbocycles. The summed E-state index contributed by atoms with van der Waals surface area (Å²) >= 11 is 2.15. The molecular weight excluding hydrogens is 1310 g/mol. The molecule has 3 aliphatic rings. The van der Waals surface area contributed by atoms with Crippen LogP contribution < -0.4 is 40.0 Å². The van der Waals surface area contributed by atoms with Crippen LogP contribution in [0.2, 0.25) is 0 Å². The fourth-order valence-corrected chi connectivity index (χ4v) is 11.7. The average Bonchev–Trinajstić information content (AvgIpc) is 1.53. The fourth-order valence-electron chi connectivity index (χ4n) is 9.87. The normalized spacial score (nSPS) is 14.2. The number of nitrogens with zero attached hydrogens (tertiary/aromatic N) is 4. The van der Waals surface area contributed by atoms with Gasteiger partial charge in [-0.05, 0) is 164 Å². The van der Waals surface area contributed by atoms with Crippen LogP contribution in [0.15, 0.2) is 142 Å². The summed E-state index contributed by atoms with van der Waals surface area (Å²) in [5.74, 6) is -1.87. The molecular formula is C68H87BF2IN5NaO12S. The van der Waals surface area contributed by atoms with Gasteiger partial charge in [-0.2, -0.15) is 4.39 Å². The molecule has 487 valence electrons. The van der Waals surface area contributed by atoms with Gasteiger partial charge in [0.15, 0.2) is 17.1 Å². The van der Waals surface area contributed by atoms with Crippen molar-refractivity contribution in [3.63, 3.8) is 0 Å². The number of sulfonamides is 1. The van der Waals surface area contributed by atoms with Gasteiger partial charge in [0, 0.05) is 79.9 Å². The minimum absolute atomic E-state index is 0. The van der Waals surface area contributed by atoms with Crippen molar-refractivity contribution in [2.45, 2.75) is 156 Å². The second-order valence-electron chi connectivity index (χ2n) is 23.3. The van der Waals surface area contributed by atoms with E-state index in [1.165, 1.54) is 16.7 Å². The Kier molecular flexibility index (Phi) is 31.7. The van der Waals surface area contributed by atoms with Crippen molar-refractivity contribution in [3.05, 3.63) is 192 Å². The maximum Gasteiger partial charge on any atom is 1.00 e. The van der Waals surface area contributed by atoms with E-state index in [4.69, 9.17) is 19.0 Å². The van der Waals surface area contributed by atoms with Crippen LogP contribution in [0.3, 0.4) is 0 Å². The Balaban J connectivity index is 0.000000636. The maximum atomic E-state index is 15.1. The number of nitrogens with one attached hydrogen (secondary N) is 1. The van der Waals surface area contributed by atoms with E-state index < -0.39 is 55.8 Å². The van der Waals surface area contributed by atoms with Crippen molar-refractivity contribution in [3.8, 4) is 0 Å². The van der Waals surface area contributed by atoms with Crippen LogP contribution in [-0.2, 0) is 19.5 Å². The number of rotatable bonds is 11. The number of Topliss-reactive ketones (excluding diaryl/α,β-unsaturated/α-hetero) is 2. The van der Waals surface area contributed by atoms with Gasteiger partial charge in [0.2, 0.25) is 5.95 Å². The molecule has 7 aromatic rings. The molecule has 2 saturated heterocycles. The number of ketones is 2. The number of fused-ring (bicyclic) bond motifs is 1. The smallest absolute Gasteiger partial charge is 1.00 e. The van der Waals surface area contributed by atoms with Gasteiger partial charge in [-0.25, -0.2) is 32.2 Å². The molecule has 3 N–H and O–H groups in total. The largest absolute Gasteiger partial charge is 1.00 e. The number of oxazole rings is 1. The fraction of sp³-hybridized carbons (Fsp3) is 0.412. The third-order valence-electron chi connectivity index (χ3n) is 14.3. The van der Waals surface area contributed by atoms with Crippen LogP contribution in [-0.4, -0.2) is 114 Å². The third-order valence-corrected chi connectivity index (χ3v) is 16.6. The number of carbonyl (C=O) groups excluding carboxylic acids is 4. The van der Waals surface area contributed by atoms with Crippen molar-refractivity contribution in [2.75, 3.05) is 37.5 Å². The summed E-state index contributed by atoms with van der Waals surface area (Å²) in [7, 11) is -4.47. The molecule has 0 unspecified atom stereocenters. The van der Waals surface area contributed by atoms with Gasteiger partial charge in [0.05, 0.1) is 17.7 Å². The minimum atomic E-state index is -4.47. The first kappa shape index (κ1) is 80.8. The molecule has 91 heavy (non-hydrogen) atoms. The van der Waals surface area contributed by atoms with Gasteiger partial charge in [0.25, 0.3) is 10.0 Å². The number of halogens is 3. The Morgan fingerprint density at radius 2 is 1.16 bits per heavy atom. The summed E-state index contributed by atoms with van der Waals surface area (Å²) in [6.07, 6.45) is 2.28. The summed E-state index contributed by atoms with van der Waals surface area (Å²) in [4.78, 5) is 65.1. The van der Waals surface area contributed by atoms with Gasteiger partial charge >= 0.3 is 47.5 Å². The van der Waals surface area contributed by atoms with Crippen LogP contribution in [0.4, 0.5) is 24.2 Å². The molecule has 5 aromatic carbocycles. The first-order valence-corrected chi connectivity index (χ1v) is 31.3. The number of benzene rings is 5. The second kappa shape index (κ2) is 35.7. The van der Waals surface area contributed by atoms with E-state index in [1.54, 1.807) is 37.5 Å². The van der Waals surface area contributed by atoms with E-state index in [0.29, 0.717) is 32.1 Å². The van der Waals surface area contributed by atoms with E-state index >= 15 is 4.39 Å². The minimum Gasteiger partial charge on any atom is -1.00 e. The number of pyridine rings is 1. The van der Waals surface area contributed by atoms with Gasteiger partial charge in [-0.15, -0.1) is 0 Å². The predicted molar refractivity (Wildman–Crippen MR) is 359 cm³/mol. The number of likely N-dealkylation sites (tertiary alicyclic amines) is 2. The Hall–Kier alpha value is -6.28. The van der Waals surface area contributed by atoms with E-state index in [-0.39, 0.29) is 113 Å². The third kappa shape index (κ3) is 22.2. The molecule has 2 aromatic heterocycles. The topological polar surface area (TPSA) is 228 Å². The van der Waals surface area contributed by atoms with Crippen LogP contribution >= 0.6 is 22.6 Å². The second-order valence-corrected chi connectivity index (χ2v) is 26.2. The molecule has 23 heteroatoms. The summed E-state index contributed by atoms with van der Waals surface area (Å²) in [6.45, 7) is 22.4. The van der Waals surface area contributed by atoms with Crippen molar-refractivity contribution in [1.82, 2.24) is 19.4 Å². The molecule has 1 saturated carbocycles. The standard InChI is InChI=1S/C24H21F2N3O4S.C16H23NO3.C16H21NO3.C8H7IO.C2H6O.2CH4.B.Na.H/c1-14(16-8-2-3-9-17(16)15-6-4-7-15)29-19-12-18(25)21(13-20(19)33-24(29)30)34(31,32)28-23-11-5-10-22(26)27-23;2*1-11(18)13-7-5-6-8-14(13)12-9-17(10-12)15(19)20-16(2,3)4;1-6(10)7-4-2-3-5-8(7)9;1-2-3;;;;;/h2-3,5,8-15H,4,6-7H2,1H3,(H,27,28);5-8,11-12,18H,9-10H2,1-4H3;5-8,12H,9-10H2,1-4H3;2-5H,1H3;3H,2H2,1H3;2*1H4;;;/q;;;;;;;;+1;-1/t14-;11-;;;;;;;;/m10......../s1. The molecule has 2 aliphatic heterocycles. The quantitative estimate of drug-likeness (QED) is 0.0474. The SMILES string of the molecule is C.C.CC(=O)c1ccccc1C1CN(C(=O)OC(C)(C)C)C1.CC(=O)c1ccccc1I.CCO.C[C@H](O)c1ccccc1C1CN(C(=O)OC(C)(C)C)C1.C[C@H](c1ccccc1C1CCC1)n1c(=O)oc2cc(S(=O)(=O)Nc3cccc(F)n3)c(F)cc21.[B].[H-].[Na+]. The number of aromatic nitrogens is 2. The van der Waals surface area contributed by atoms with E-state index in [0.717, 1.165) is 80.0 Å². The van der Waals surface area contributed by atoms with Crippen molar-refractivity contribution in [2.24, 2.45) is 0 Å². The number of aliphatic hydroxyl groups excluding tert-OH is 2. The molecule has 17 nitrogen and oxygen atoms in total. The maximum absolute atomic E-state index is 15.1. The Bertz CT molecular complexity index is 3740. The van der Waals surface area contributed by atoms with Crippen LogP contribution in [0.5, 0.6) is 0 Å². The Labute approximate surface area is 574 Å².